The highest BCUT2D eigenvalue weighted by molar-refractivity contribution is 5.71. The largest absolute Gasteiger partial charge is 0.466 e. The Kier molecular flexibility index (Phi) is 3.25. The van der Waals surface area contributed by atoms with E-state index in [0.29, 0.717) is 13.0 Å². The first-order valence-corrected chi connectivity index (χ1v) is 5.64. The average molecular weight is 220 g/mol. The predicted octanol–water partition coefficient (Wildman–Crippen LogP) is 1.64. The molecule has 0 spiro atoms. The molecule has 1 aliphatic rings. The number of carbonyl (C=O) groups is 1. The second-order valence-corrected chi connectivity index (χ2v) is 4.09. The fourth-order valence-electron chi connectivity index (χ4n) is 2.30. The zero-order valence-corrected chi connectivity index (χ0v) is 9.35. The molecule has 1 N–H and O–H groups in total. The molecular weight excluding hydrogens is 204 g/mol. The SMILES string of the molecule is CCOC(=O)CC1c2ccccc2CC1O. The molecule has 0 aliphatic heterocycles. The number of hydrogen-bond donors (Lipinski definition) is 1. The third-order valence-electron chi connectivity index (χ3n) is 3.04. The fourth-order valence-corrected chi connectivity index (χ4v) is 2.30. The lowest BCUT2D eigenvalue weighted by molar-refractivity contribution is -0.144. The molecule has 1 aromatic carbocycles. The number of ether oxygens (including phenoxy) is 1. The van der Waals surface area contributed by atoms with E-state index in [9.17, 15) is 9.90 Å². The van der Waals surface area contributed by atoms with Crippen molar-refractivity contribution in [2.24, 2.45) is 0 Å². The van der Waals surface area contributed by atoms with Gasteiger partial charge in [0.1, 0.15) is 0 Å². The van der Waals surface area contributed by atoms with Crippen molar-refractivity contribution in [3.63, 3.8) is 0 Å². The van der Waals surface area contributed by atoms with Gasteiger partial charge in [-0.3, -0.25) is 4.79 Å². The maximum absolute atomic E-state index is 11.4. The van der Waals surface area contributed by atoms with Crippen molar-refractivity contribution in [3.05, 3.63) is 35.4 Å². The number of carbonyl (C=O) groups excluding carboxylic acids is 1. The lowest BCUT2D eigenvalue weighted by atomic mass is 9.96. The zero-order chi connectivity index (χ0) is 11.5. The predicted molar refractivity (Wildman–Crippen MR) is 60.1 cm³/mol. The summed E-state index contributed by atoms with van der Waals surface area (Å²) in [6.07, 6.45) is 0.452. The molecule has 3 nitrogen and oxygen atoms in total. The summed E-state index contributed by atoms with van der Waals surface area (Å²) in [6.45, 7) is 2.18. The fraction of sp³-hybridized carbons (Fsp3) is 0.462. The number of benzene rings is 1. The number of esters is 1. The number of hydrogen-bond acceptors (Lipinski definition) is 3. The minimum Gasteiger partial charge on any atom is -0.466 e. The van der Waals surface area contributed by atoms with E-state index in [0.717, 1.165) is 11.1 Å². The standard InChI is InChI=1S/C13H16O3/c1-2-16-13(15)8-11-10-6-4-3-5-9(10)7-12(11)14/h3-6,11-12,14H,2,7-8H2,1H3. The number of aliphatic hydroxyl groups is 1. The number of rotatable bonds is 3. The Morgan fingerprint density at radius 1 is 1.50 bits per heavy atom. The number of aliphatic hydroxyl groups excluding tert-OH is 1. The summed E-state index contributed by atoms with van der Waals surface area (Å²) >= 11 is 0. The summed E-state index contributed by atoms with van der Waals surface area (Å²) < 4.78 is 4.92. The van der Waals surface area contributed by atoms with Crippen LogP contribution < -0.4 is 0 Å². The van der Waals surface area contributed by atoms with E-state index in [1.807, 2.05) is 24.3 Å². The monoisotopic (exact) mass is 220 g/mol. The van der Waals surface area contributed by atoms with Gasteiger partial charge < -0.3 is 9.84 Å². The molecule has 2 atom stereocenters. The van der Waals surface area contributed by atoms with Crippen LogP contribution in [0.1, 0.15) is 30.4 Å². The van der Waals surface area contributed by atoms with Crippen molar-refractivity contribution >= 4 is 5.97 Å². The van der Waals surface area contributed by atoms with Crippen LogP contribution in [0.25, 0.3) is 0 Å². The summed E-state index contributed by atoms with van der Waals surface area (Å²) in [5.74, 6) is -0.335. The first kappa shape index (κ1) is 11.1. The van der Waals surface area contributed by atoms with Crippen LogP contribution in [0.15, 0.2) is 24.3 Å². The topological polar surface area (TPSA) is 46.5 Å². The van der Waals surface area contributed by atoms with Crippen molar-refractivity contribution < 1.29 is 14.6 Å². The van der Waals surface area contributed by atoms with Gasteiger partial charge in [0.15, 0.2) is 0 Å². The number of fused-ring (bicyclic) bond motifs is 1. The van der Waals surface area contributed by atoms with Gasteiger partial charge in [-0.1, -0.05) is 24.3 Å². The van der Waals surface area contributed by atoms with Crippen molar-refractivity contribution in [2.45, 2.75) is 31.8 Å². The van der Waals surface area contributed by atoms with Crippen molar-refractivity contribution in [1.82, 2.24) is 0 Å². The summed E-state index contributed by atoms with van der Waals surface area (Å²) in [5.41, 5.74) is 2.23. The average Bonchev–Trinajstić information content (AvgIpc) is 2.56. The van der Waals surface area contributed by atoms with Crippen LogP contribution in [0.2, 0.25) is 0 Å². The highest BCUT2D eigenvalue weighted by Crippen LogP contribution is 2.35. The highest BCUT2D eigenvalue weighted by atomic mass is 16.5. The zero-order valence-electron chi connectivity index (χ0n) is 9.35. The molecule has 0 aromatic heterocycles. The molecule has 0 bridgehead atoms. The molecule has 0 heterocycles. The van der Waals surface area contributed by atoms with Crippen LogP contribution in [0.4, 0.5) is 0 Å². The lowest BCUT2D eigenvalue weighted by Crippen LogP contribution is -2.18. The van der Waals surface area contributed by atoms with Gasteiger partial charge in [-0.2, -0.15) is 0 Å². The van der Waals surface area contributed by atoms with E-state index >= 15 is 0 Å². The maximum Gasteiger partial charge on any atom is 0.306 e. The van der Waals surface area contributed by atoms with Gasteiger partial charge in [0.2, 0.25) is 0 Å². The quantitative estimate of drug-likeness (QED) is 0.788. The maximum atomic E-state index is 11.4. The Bertz CT molecular complexity index is 387. The molecule has 0 fully saturated rings. The minimum absolute atomic E-state index is 0.102. The molecule has 2 rings (SSSR count). The summed E-state index contributed by atoms with van der Waals surface area (Å²) in [7, 11) is 0. The molecule has 1 aliphatic carbocycles. The van der Waals surface area contributed by atoms with Gasteiger partial charge in [-0.15, -0.1) is 0 Å². The van der Waals surface area contributed by atoms with Crippen LogP contribution in [0.5, 0.6) is 0 Å². The van der Waals surface area contributed by atoms with E-state index in [1.165, 1.54) is 0 Å². The normalized spacial score (nSPS) is 22.9. The Balaban J connectivity index is 2.13. The van der Waals surface area contributed by atoms with E-state index in [2.05, 4.69) is 0 Å². The van der Waals surface area contributed by atoms with Gasteiger partial charge in [-0.05, 0) is 24.5 Å². The Morgan fingerprint density at radius 2 is 2.25 bits per heavy atom. The minimum atomic E-state index is -0.457. The summed E-state index contributed by atoms with van der Waals surface area (Å²) in [6, 6.07) is 7.88. The Hall–Kier alpha value is -1.35. The third-order valence-corrected chi connectivity index (χ3v) is 3.04. The molecule has 1 aromatic rings. The second kappa shape index (κ2) is 4.66. The molecular formula is C13H16O3. The third kappa shape index (κ3) is 2.09. The van der Waals surface area contributed by atoms with Crippen LogP contribution in [-0.4, -0.2) is 23.8 Å². The molecule has 0 saturated heterocycles. The molecule has 86 valence electrons. The van der Waals surface area contributed by atoms with E-state index in [4.69, 9.17) is 4.74 Å². The van der Waals surface area contributed by atoms with E-state index in [1.54, 1.807) is 6.92 Å². The molecule has 0 radical (unpaired) electrons. The van der Waals surface area contributed by atoms with Crippen LogP contribution in [0.3, 0.4) is 0 Å². The van der Waals surface area contributed by atoms with Crippen molar-refractivity contribution in [3.8, 4) is 0 Å². The smallest absolute Gasteiger partial charge is 0.306 e. The van der Waals surface area contributed by atoms with Crippen molar-refractivity contribution in [2.75, 3.05) is 6.61 Å². The molecule has 2 unspecified atom stereocenters. The summed E-state index contributed by atoms with van der Waals surface area (Å²) in [5, 5.41) is 9.92. The van der Waals surface area contributed by atoms with Gasteiger partial charge >= 0.3 is 5.97 Å². The summed E-state index contributed by atoms with van der Waals surface area (Å²) in [4.78, 5) is 11.4. The molecule has 16 heavy (non-hydrogen) atoms. The Labute approximate surface area is 95.0 Å². The van der Waals surface area contributed by atoms with Crippen molar-refractivity contribution in [1.29, 1.82) is 0 Å². The van der Waals surface area contributed by atoms with Gasteiger partial charge in [0, 0.05) is 5.92 Å². The Morgan fingerprint density at radius 3 is 3.00 bits per heavy atom. The lowest BCUT2D eigenvalue weighted by Gasteiger charge is -2.14. The van der Waals surface area contributed by atoms with Gasteiger partial charge in [0.05, 0.1) is 19.1 Å². The molecule has 0 saturated carbocycles. The molecule has 0 amide bonds. The first-order chi connectivity index (χ1) is 7.72. The van der Waals surface area contributed by atoms with Gasteiger partial charge in [-0.25, -0.2) is 0 Å². The van der Waals surface area contributed by atoms with Crippen LogP contribution in [-0.2, 0) is 16.0 Å². The van der Waals surface area contributed by atoms with Crippen LogP contribution in [0, 0.1) is 0 Å². The van der Waals surface area contributed by atoms with Crippen LogP contribution >= 0.6 is 0 Å². The molecule has 3 heteroatoms. The highest BCUT2D eigenvalue weighted by Gasteiger charge is 2.32. The first-order valence-electron chi connectivity index (χ1n) is 5.64. The van der Waals surface area contributed by atoms with E-state index in [-0.39, 0.29) is 18.3 Å². The van der Waals surface area contributed by atoms with Gasteiger partial charge in [0.25, 0.3) is 0 Å². The second-order valence-electron chi connectivity index (χ2n) is 4.09. The van der Waals surface area contributed by atoms with E-state index < -0.39 is 6.10 Å².